The summed E-state index contributed by atoms with van der Waals surface area (Å²) < 4.78 is 0.743. The molecule has 35 heavy (non-hydrogen) atoms. The summed E-state index contributed by atoms with van der Waals surface area (Å²) in [7, 11) is 0. The Morgan fingerprint density at radius 3 is 2.54 bits per heavy atom. The Labute approximate surface area is 219 Å². The van der Waals surface area contributed by atoms with E-state index < -0.39 is 0 Å². The largest absolute Gasteiger partial charge is 0.349 e. The zero-order valence-electron chi connectivity index (χ0n) is 21.6. The summed E-state index contributed by atoms with van der Waals surface area (Å²) in [5.41, 5.74) is 0.259. The van der Waals surface area contributed by atoms with Crippen LogP contribution in [0, 0.1) is 46.3 Å². The van der Waals surface area contributed by atoms with Crippen LogP contribution in [0.5, 0.6) is 0 Å². The van der Waals surface area contributed by atoms with E-state index in [1.165, 1.54) is 11.3 Å². The van der Waals surface area contributed by atoms with Crippen LogP contribution in [0.2, 0.25) is 4.34 Å². The molecule has 6 heteroatoms. The lowest BCUT2D eigenvalue weighted by Gasteiger charge is -2.59. The van der Waals surface area contributed by atoms with Gasteiger partial charge in [0.05, 0.1) is 10.4 Å². The quantitative estimate of drug-likeness (QED) is 0.456. The Morgan fingerprint density at radius 2 is 1.83 bits per heavy atom. The average molecular weight is 518 g/mol. The van der Waals surface area contributed by atoms with E-state index in [1.807, 2.05) is 19.1 Å². The third kappa shape index (κ3) is 4.33. The zero-order valence-corrected chi connectivity index (χ0v) is 23.1. The summed E-state index contributed by atoms with van der Waals surface area (Å²) >= 11 is 7.58. The minimum absolute atomic E-state index is 0.0366. The van der Waals surface area contributed by atoms with E-state index in [0.717, 1.165) is 41.3 Å². The average Bonchev–Trinajstić information content (AvgIpc) is 3.38. The Kier molecular flexibility index (Phi) is 6.74. The van der Waals surface area contributed by atoms with Gasteiger partial charge in [-0.2, -0.15) is 0 Å². The number of carbonyl (C=O) groups is 3. The molecule has 1 N–H and O–H groups in total. The van der Waals surface area contributed by atoms with Crippen molar-refractivity contribution in [3.8, 4) is 0 Å². The van der Waals surface area contributed by atoms with Gasteiger partial charge in [-0.1, -0.05) is 32.4 Å². The fourth-order valence-corrected chi connectivity index (χ4v) is 10.1. The standard InChI is InChI=1S/C29H40ClNO3S/c1-16(13-26(34)31-17(2)24-7-8-25(30)35-24)20-5-6-21-27-22(10-12-29(20,21)4)28(3)11-9-19(32)14-18(28)15-23(27)33/h7-8,16-18,20-22,27H,5-6,9-15H2,1-4H3,(H,31,34)/t16-,17?,18+,20-,21+,22+,27+,28+,29-/m1/s1. The van der Waals surface area contributed by atoms with Gasteiger partial charge in [0.25, 0.3) is 0 Å². The van der Waals surface area contributed by atoms with Crippen LogP contribution >= 0.6 is 22.9 Å². The molecule has 0 bridgehead atoms. The van der Waals surface area contributed by atoms with Gasteiger partial charge in [-0.3, -0.25) is 14.4 Å². The van der Waals surface area contributed by atoms with Gasteiger partial charge in [0, 0.05) is 36.5 Å². The molecule has 4 fully saturated rings. The van der Waals surface area contributed by atoms with E-state index >= 15 is 0 Å². The van der Waals surface area contributed by atoms with Crippen molar-refractivity contribution in [1.29, 1.82) is 0 Å². The molecule has 4 saturated carbocycles. The molecule has 1 heterocycles. The number of fused-ring (bicyclic) bond motifs is 5. The molecule has 0 saturated heterocycles. The maximum absolute atomic E-state index is 13.5. The first kappa shape index (κ1) is 25.4. The van der Waals surface area contributed by atoms with E-state index in [4.69, 9.17) is 11.6 Å². The van der Waals surface area contributed by atoms with Crippen molar-refractivity contribution in [1.82, 2.24) is 5.32 Å². The van der Waals surface area contributed by atoms with Crippen molar-refractivity contribution in [2.24, 2.45) is 46.3 Å². The van der Waals surface area contributed by atoms with Crippen LogP contribution in [0.25, 0.3) is 0 Å². The maximum Gasteiger partial charge on any atom is 0.220 e. The minimum Gasteiger partial charge on any atom is -0.349 e. The monoisotopic (exact) mass is 517 g/mol. The highest BCUT2D eigenvalue weighted by molar-refractivity contribution is 7.16. The molecule has 4 nitrogen and oxygen atoms in total. The van der Waals surface area contributed by atoms with Crippen LogP contribution in [-0.4, -0.2) is 17.5 Å². The SMILES string of the molecule is CC(NC(=O)C[C@@H](C)[C@H]1CC[C@H]2[C@@H]3C(=O)C[C@@H]4CC(=O)CC[C@]4(C)[C@H]3CC[C@]12C)c1ccc(Cl)s1. The molecule has 0 spiro atoms. The fraction of sp³-hybridized carbons (Fsp3) is 0.759. The lowest BCUT2D eigenvalue weighted by Crippen LogP contribution is -2.57. The predicted molar refractivity (Wildman–Crippen MR) is 140 cm³/mol. The van der Waals surface area contributed by atoms with Crippen molar-refractivity contribution in [2.75, 3.05) is 0 Å². The number of carbonyl (C=O) groups excluding carboxylic acids is 3. The third-order valence-electron chi connectivity index (χ3n) is 11.0. The molecule has 4 aliphatic carbocycles. The highest BCUT2D eigenvalue weighted by atomic mass is 35.5. The van der Waals surface area contributed by atoms with Crippen LogP contribution < -0.4 is 5.32 Å². The van der Waals surface area contributed by atoms with Crippen molar-refractivity contribution < 1.29 is 14.4 Å². The molecule has 1 amide bonds. The van der Waals surface area contributed by atoms with Gasteiger partial charge in [0.1, 0.15) is 11.6 Å². The first-order valence-corrected chi connectivity index (χ1v) is 14.8. The van der Waals surface area contributed by atoms with Gasteiger partial charge in [0.2, 0.25) is 5.91 Å². The number of rotatable bonds is 5. The second-order valence-electron chi connectivity index (χ2n) is 12.7. The maximum atomic E-state index is 13.5. The Hall–Kier alpha value is -1.20. The lowest BCUT2D eigenvalue weighted by molar-refractivity contribution is -0.159. The molecular formula is C29H40ClNO3S. The second kappa shape index (κ2) is 9.28. The summed E-state index contributed by atoms with van der Waals surface area (Å²) in [6, 6.07) is 3.82. The summed E-state index contributed by atoms with van der Waals surface area (Å²) in [6.07, 6.45) is 7.84. The van der Waals surface area contributed by atoms with E-state index in [1.54, 1.807) is 0 Å². The molecule has 1 unspecified atom stereocenters. The topological polar surface area (TPSA) is 63.2 Å². The normalized spacial score (nSPS) is 40.4. The van der Waals surface area contributed by atoms with Crippen LogP contribution in [0.1, 0.15) is 96.4 Å². The summed E-state index contributed by atoms with van der Waals surface area (Å²) in [6.45, 7) is 9.06. The molecule has 192 valence electrons. The highest BCUT2D eigenvalue weighted by Crippen LogP contribution is 2.67. The molecular weight excluding hydrogens is 478 g/mol. The van der Waals surface area contributed by atoms with Crippen molar-refractivity contribution in [3.63, 3.8) is 0 Å². The molecule has 1 aromatic heterocycles. The van der Waals surface area contributed by atoms with E-state index in [0.29, 0.717) is 55.0 Å². The number of hydrogen-bond donors (Lipinski definition) is 1. The fourth-order valence-electron chi connectivity index (χ4n) is 9.07. The molecule has 5 rings (SSSR count). The molecule has 0 aromatic carbocycles. The smallest absolute Gasteiger partial charge is 0.220 e. The van der Waals surface area contributed by atoms with Crippen LogP contribution in [0.4, 0.5) is 0 Å². The molecule has 4 aliphatic rings. The Bertz CT molecular complexity index is 1020. The number of amides is 1. The van der Waals surface area contributed by atoms with Crippen molar-refractivity contribution >= 4 is 40.4 Å². The number of hydrogen-bond acceptors (Lipinski definition) is 4. The molecule has 0 radical (unpaired) electrons. The molecule has 0 aliphatic heterocycles. The first-order chi connectivity index (χ1) is 16.5. The zero-order chi connectivity index (χ0) is 25.1. The van der Waals surface area contributed by atoms with Gasteiger partial charge in [0.15, 0.2) is 0 Å². The number of Topliss-reactive ketones (excluding diaryl/α,β-unsaturated/α-hetero) is 2. The summed E-state index contributed by atoms with van der Waals surface area (Å²) in [4.78, 5) is 39.7. The van der Waals surface area contributed by atoms with Crippen LogP contribution in [-0.2, 0) is 14.4 Å². The first-order valence-electron chi connectivity index (χ1n) is 13.6. The van der Waals surface area contributed by atoms with E-state index in [9.17, 15) is 14.4 Å². The number of nitrogens with one attached hydrogen (secondary N) is 1. The summed E-state index contributed by atoms with van der Waals surface area (Å²) in [5, 5.41) is 3.17. The van der Waals surface area contributed by atoms with Crippen molar-refractivity contribution in [2.45, 2.75) is 91.5 Å². The number of halogens is 1. The summed E-state index contributed by atoms with van der Waals surface area (Å²) in [5.74, 6) is 2.89. The third-order valence-corrected chi connectivity index (χ3v) is 12.4. The predicted octanol–water partition coefficient (Wildman–Crippen LogP) is 7.01. The van der Waals surface area contributed by atoms with Crippen LogP contribution in [0.3, 0.4) is 0 Å². The van der Waals surface area contributed by atoms with Gasteiger partial charge in [-0.15, -0.1) is 11.3 Å². The van der Waals surface area contributed by atoms with E-state index in [-0.39, 0.29) is 40.5 Å². The lowest BCUT2D eigenvalue weighted by atomic mass is 9.44. The second-order valence-corrected chi connectivity index (χ2v) is 14.4. The van der Waals surface area contributed by atoms with Gasteiger partial charge >= 0.3 is 0 Å². The molecule has 1 aromatic rings. The van der Waals surface area contributed by atoms with Crippen LogP contribution in [0.15, 0.2) is 12.1 Å². The minimum atomic E-state index is -0.0366. The van der Waals surface area contributed by atoms with Gasteiger partial charge in [-0.25, -0.2) is 0 Å². The van der Waals surface area contributed by atoms with Crippen molar-refractivity contribution in [3.05, 3.63) is 21.3 Å². The van der Waals surface area contributed by atoms with Gasteiger partial charge < -0.3 is 5.32 Å². The van der Waals surface area contributed by atoms with E-state index in [2.05, 4.69) is 26.1 Å². The Morgan fingerprint density at radius 1 is 1.09 bits per heavy atom. The molecule has 9 atom stereocenters. The highest BCUT2D eigenvalue weighted by Gasteiger charge is 2.63. The van der Waals surface area contributed by atoms with Gasteiger partial charge in [-0.05, 0) is 91.6 Å². The number of ketones is 2. The number of thiophene rings is 1. The Balaban J connectivity index is 1.27.